The maximum Gasteiger partial charge on any atom is 0.272 e. The third kappa shape index (κ3) is 4.28. The molecule has 0 aromatic carbocycles. The Bertz CT molecular complexity index is 860. The van der Waals surface area contributed by atoms with Crippen LogP contribution in [0.25, 0.3) is 0 Å². The monoisotopic (exact) mass is 395 g/mol. The molecule has 152 valence electrons. The lowest BCUT2D eigenvalue weighted by Gasteiger charge is -2.35. The summed E-state index contributed by atoms with van der Waals surface area (Å²) in [4.78, 5) is 45.2. The number of carbonyl (C=O) groups excluding carboxylic acids is 2. The normalized spacial score (nSPS) is 17.4. The standard InChI is InChI=1S/C20H25N7O2/c1-16-14-17(23-20(22-16)27-8-6-24(15-28)7-9-27)19(29)26-12-10-25(11-13-26)18-4-2-3-5-21-18/h2-5,14-15H,6-13H2,1H3. The molecule has 2 fully saturated rings. The first kappa shape index (κ1) is 19.1. The van der Waals surface area contributed by atoms with Crippen LogP contribution in [0.5, 0.6) is 0 Å². The van der Waals surface area contributed by atoms with Crippen molar-refractivity contribution >= 4 is 24.1 Å². The van der Waals surface area contributed by atoms with Gasteiger partial charge in [0.15, 0.2) is 0 Å². The van der Waals surface area contributed by atoms with Crippen molar-refractivity contribution in [2.45, 2.75) is 6.92 Å². The van der Waals surface area contributed by atoms with Crippen molar-refractivity contribution in [3.05, 3.63) is 41.9 Å². The van der Waals surface area contributed by atoms with Gasteiger partial charge in [0.05, 0.1) is 0 Å². The molecule has 2 aliphatic heterocycles. The second-order valence-electron chi connectivity index (χ2n) is 7.29. The van der Waals surface area contributed by atoms with Gasteiger partial charge in [0, 0.05) is 64.2 Å². The SMILES string of the molecule is Cc1cc(C(=O)N2CCN(c3ccccn3)CC2)nc(N2CCN(C=O)CC2)n1. The number of anilines is 2. The highest BCUT2D eigenvalue weighted by molar-refractivity contribution is 5.93. The molecule has 0 aliphatic carbocycles. The molecule has 29 heavy (non-hydrogen) atoms. The smallest absolute Gasteiger partial charge is 0.272 e. The molecule has 2 aromatic heterocycles. The van der Waals surface area contributed by atoms with E-state index >= 15 is 0 Å². The van der Waals surface area contributed by atoms with Gasteiger partial charge in [-0.3, -0.25) is 9.59 Å². The molecule has 0 saturated carbocycles. The number of pyridine rings is 1. The van der Waals surface area contributed by atoms with E-state index in [1.54, 1.807) is 17.2 Å². The summed E-state index contributed by atoms with van der Waals surface area (Å²) in [7, 11) is 0. The molecule has 4 rings (SSSR count). The molecule has 0 unspecified atom stereocenters. The van der Waals surface area contributed by atoms with Gasteiger partial charge >= 0.3 is 0 Å². The van der Waals surface area contributed by atoms with Crippen molar-refractivity contribution in [1.29, 1.82) is 0 Å². The van der Waals surface area contributed by atoms with Gasteiger partial charge in [-0.2, -0.15) is 0 Å². The number of hydrogen-bond donors (Lipinski definition) is 0. The van der Waals surface area contributed by atoms with Crippen molar-refractivity contribution in [3.63, 3.8) is 0 Å². The minimum atomic E-state index is -0.0658. The Balaban J connectivity index is 1.43. The van der Waals surface area contributed by atoms with Gasteiger partial charge in [0.1, 0.15) is 11.5 Å². The summed E-state index contributed by atoms with van der Waals surface area (Å²) >= 11 is 0. The summed E-state index contributed by atoms with van der Waals surface area (Å²) in [6.07, 6.45) is 2.65. The highest BCUT2D eigenvalue weighted by Gasteiger charge is 2.25. The van der Waals surface area contributed by atoms with E-state index in [0.717, 1.165) is 31.0 Å². The van der Waals surface area contributed by atoms with E-state index in [1.807, 2.05) is 34.9 Å². The predicted octanol–water partition coefficient (Wildman–Crippen LogP) is 0.421. The minimum absolute atomic E-state index is 0.0658. The maximum atomic E-state index is 13.1. The van der Waals surface area contributed by atoms with Crippen LogP contribution in [-0.4, -0.2) is 89.4 Å². The molecule has 0 spiro atoms. The van der Waals surface area contributed by atoms with E-state index < -0.39 is 0 Å². The lowest BCUT2D eigenvalue weighted by atomic mass is 10.2. The van der Waals surface area contributed by atoms with Crippen LogP contribution in [0.3, 0.4) is 0 Å². The summed E-state index contributed by atoms with van der Waals surface area (Å²) in [5, 5.41) is 0. The molecular formula is C20H25N7O2. The van der Waals surface area contributed by atoms with Gasteiger partial charge in [-0.15, -0.1) is 0 Å². The predicted molar refractivity (Wildman–Crippen MR) is 109 cm³/mol. The quantitative estimate of drug-likeness (QED) is 0.694. The first-order valence-corrected chi connectivity index (χ1v) is 9.89. The summed E-state index contributed by atoms with van der Waals surface area (Å²) in [6.45, 7) is 7.23. The van der Waals surface area contributed by atoms with Crippen LogP contribution < -0.4 is 9.80 Å². The van der Waals surface area contributed by atoms with Crippen molar-refractivity contribution in [2.75, 3.05) is 62.2 Å². The lowest BCUT2D eigenvalue weighted by molar-refractivity contribution is -0.118. The van der Waals surface area contributed by atoms with Gasteiger partial charge in [0.2, 0.25) is 12.4 Å². The van der Waals surface area contributed by atoms with Crippen molar-refractivity contribution < 1.29 is 9.59 Å². The van der Waals surface area contributed by atoms with Crippen LogP contribution in [0.4, 0.5) is 11.8 Å². The molecule has 0 bridgehead atoms. The molecule has 0 N–H and O–H groups in total. The van der Waals surface area contributed by atoms with Gasteiger partial charge < -0.3 is 19.6 Å². The third-order valence-electron chi connectivity index (χ3n) is 5.35. The van der Waals surface area contributed by atoms with E-state index in [0.29, 0.717) is 50.9 Å². The molecule has 9 nitrogen and oxygen atoms in total. The van der Waals surface area contributed by atoms with Crippen molar-refractivity contribution in [2.24, 2.45) is 0 Å². The van der Waals surface area contributed by atoms with E-state index in [4.69, 9.17) is 0 Å². The number of carbonyl (C=O) groups is 2. The Morgan fingerprint density at radius 2 is 1.69 bits per heavy atom. The molecular weight excluding hydrogens is 370 g/mol. The van der Waals surface area contributed by atoms with Gasteiger partial charge in [0.25, 0.3) is 5.91 Å². The number of piperazine rings is 2. The Labute approximate surface area is 170 Å². The van der Waals surface area contributed by atoms with E-state index in [-0.39, 0.29) is 5.91 Å². The molecule has 9 heteroatoms. The van der Waals surface area contributed by atoms with E-state index in [1.165, 1.54) is 0 Å². The summed E-state index contributed by atoms with van der Waals surface area (Å²) in [6, 6.07) is 7.61. The maximum absolute atomic E-state index is 13.1. The largest absolute Gasteiger partial charge is 0.353 e. The first-order chi connectivity index (χ1) is 14.1. The highest BCUT2D eigenvalue weighted by atomic mass is 16.2. The Morgan fingerprint density at radius 1 is 0.966 bits per heavy atom. The fourth-order valence-corrected chi connectivity index (χ4v) is 3.67. The fraction of sp³-hybridized carbons (Fsp3) is 0.450. The highest BCUT2D eigenvalue weighted by Crippen LogP contribution is 2.17. The Morgan fingerprint density at radius 3 is 2.34 bits per heavy atom. The van der Waals surface area contributed by atoms with Crippen LogP contribution >= 0.6 is 0 Å². The number of hydrogen-bond acceptors (Lipinski definition) is 7. The topological polar surface area (TPSA) is 85.8 Å². The number of aromatic nitrogens is 3. The van der Waals surface area contributed by atoms with Crippen LogP contribution in [0.1, 0.15) is 16.2 Å². The average Bonchev–Trinajstić information content (AvgIpc) is 2.79. The first-order valence-electron chi connectivity index (χ1n) is 9.89. The van der Waals surface area contributed by atoms with Crippen molar-refractivity contribution in [3.8, 4) is 0 Å². The zero-order valence-corrected chi connectivity index (χ0v) is 16.6. The Kier molecular flexibility index (Phi) is 5.55. The molecule has 4 heterocycles. The summed E-state index contributed by atoms with van der Waals surface area (Å²) in [5.74, 6) is 1.43. The molecule has 2 amide bonds. The van der Waals surface area contributed by atoms with Crippen LogP contribution in [0, 0.1) is 6.92 Å². The van der Waals surface area contributed by atoms with Gasteiger partial charge in [-0.1, -0.05) is 6.07 Å². The van der Waals surface area contributed by atoms with Crippen LogP contribution in [-0.2, 0) is 4.79 Å². The van der Waals surface area contributed by atoms with E-state index in [2.05, 4.69) is 19.9 Å². The summed E-state index contributed by atoms with van der Waals surface area (Å²) < 4.78 is 0. The minimum Gasteiger partial charge on any atom is -0.353 e. The lowest BCUT2D eigenvalue weighted by Crippen LogP contribution is -2.49. The third-order valence-corrected chi connectivity index (χ3v) is 5.35. The van der Waals surface area contributed by atoms with Crippen LogP contribution in [0.2, 0.25) is 0 Å². The Hall–Kier alpha value is -3.23. The second kappa shape index (κ2) is 8.42. The molecule has 0 atom stereocenters. The van der Waals surface area contributed by atoms with E-state index in [9.17, 15) is 9.59 Å². The molecule has 2 aliphatic rings. The molecule has 2 saturated heterocycles. The average molecular weight is 395 g/mol. The number of rotatable bonds is 4. The fourth-order valence-electron chi connectivity index (χ4n) is 3.67. The molecule has 2 aromatic rings. The number of amides is 2. The number of nitrogens with zero attached hydrogens (tertiary/aromatic N) is 7. The van der Waals surface area contributed by atoms with Crippen molar-refractivity contribution in [1.82, 2.24) is 24.8 Å². The molecule has 0 radical (unpaired) electrons. The van der Waals surface area contributed by atoms with Gasteiger partial charge in [-0.25, -0.2) is 15.0 Å². The van der Waals surface area contributed by atoms with Crippen LogP contribution in [0.15, 0.2) is 30.5 Å². The summed E-state index contributed by atoms with van der Waals surface area (Å²) in [5.41, 5.74) is 1.19. The zero-order valence-electron chi connectivity index (χ0n) is 16.6. The number of aryl methyl sites for hydroxylation is 1. The van der Waals surface area contributed by atoms with Gasteiger partial charge in [-0.05, 0) is 25.1 Å². The zero-order chi connectivity index (χ0) is 20.2. The second-order valence-corrected chi connectivity index (χ2v) is 7.29.